The number of hydrogen-bond donors (Lipinski definition) is 2. The number of H-pyrrole nitrogens is 1. The van der Waals surface area contributed by atoms with Crippen molar-refractivity contribution in [1.29, 1.82) is 0 Å². The summed E-state index contributed by atoms with van der Waals surface area (Å²) in [6, 6.07) is 8.41. The van der Waals surface area contributed by atoms with Gasteiger partial charge >= 0.3 is 0 Å². The van der Waals surface area contributed by atoms with Crippen LogP contribution in [0.1, 0.15) is 16.4 Å². The molecule has 0 amide bonds. The second-order valence-corrected chi connectivity index (χ2v) is 4.73. The number of nitrogens with one attached hydrogen (secondary N) is 1. The Morgan fingerprint density at radius 1 is 1.38 bits per heavy atom. The average Bonchev–Trinajstić information content (AvgIpc) is 2.80. The Balaban J connectivity index is 2.13. The standard InChI is InChI=1S/C11H14N4S/c1-8-2-4-9(5-3-8)10(6-12)16-11-13-7-14-15-11/h2-5,7,10H,6,12H2,1H3,(H,13,14,15). The van der Waals surface area contributed by atoms with Crippen LogP contribution in [0.5, 0.6) is 0 Å². The van der Waals surface area contributed by atoms with Gasteiger partial charge in [0.15, 0.2) is 5.16 Å². The molecule has 0 aliphatic carbocycles. The van der Waals surface area contributed by atoms with Gasteiger partial charge < -0.3 is 5.73 Å². The molecule has 0 radical (unpaired) electrons. The van der Waals surface area contributed by atoms with Crippen LogP contribution in [0.25, 0.3) is 0 Å². The fourth-order valence-corrected chi connectivity index (χ4v) is 2.29. The zero-order valence-electron chi connectivity index (χ0n) is 9.05. The fourth-order valence-electron chi connectivity index (χ4n) is 1.42. The highest BCUT2D eigenvalue weighted by Gasteiger charge is 2.12. The monoisotopic (exact) mass is 234 g/mol. The maximum atomic E-state index is 5.78. The van der Waals surface area contributed by atoms with Crippen LogP contribution in [-0.4, -0.2) is 21.7 Å². The van der Waals surface area contributed by atoms with Crippen molar-refractivity contribution in [3.05, 3.63) is 41.7 Å². The lowest BCUT2D eigenvalue weighted by molar-refractivity contribution is 0.913. The number of thioether (sulfide) groups is 1. The number of benzene rings is 1. The van der Waals surface area contributed by atoms with Crippen molar-refractivity contribution < 1.29 is 0 Å². The van der Waals surface area contributed by atoms with E-state index in [1.165, 1.54) is 17.5 Å². The molecule has 0 aliphatic heterocycles. The van der Waals surface area contributed by atoms with Crippen molar-refractivity contribution >= 4 is 11.8 Å². The average molecular weight is 234 g/mol. The van der Waals surface area contributed by atoms with Gasteiger partial charge in [-0.25, -0.2) is 4.98 Å². The summed E-state index contributed by atoms with van der Waals surface area (Å²) in [6.45, 7) is 2.65. The first kappa shape index (κ1) is 11.2. The number of rotatable bonds is 4. The van der Waals surface area contributed by atoms with E-state index in [1.54, 1.807) is 11.8 Å². The Bertz CT molecular complexity index is 424. The molecule has 0 saturated carbocycles. The minimum absolute atomic E-state index is 0.216. The molecule has 1 aromatic heterocycles. The summed E-state index contributed by atoms with van der Waals surface area (Å²) in [6.07, 6.45) is 1.51. The first-order valence-corrected chi connectivity index (χ1v) is 5.96. The van der Waals surface area contributed by atoms with E-state index >= 15 is 0 Å². The van der Waals surface area contributed by atoms with Crippen molar-refractivity contribution in [2.75, 3.05) is 6.54 Å². The predicted molar refractivity (Wildman–Crippen MR) is 65.2 cm³/mol. The third kappa shape index (κ3) is 2.62. The smallest absolute Gasteiger partial charge is 0.184 e. The minimum Gasteiger partial charge on any atom is -0.329 e. The van der Waals surface area contributed by atoms with E-state index in [-0.39, 0.29) is 5.25 Å². The third-order valence-electron chi connectivity index (χ3n) is 2.31. The number of nitrogens with two attached hydrogens (primary N) is 1. The molecular formula is C11H14N4S. The van der Waals surface area contributed by atoms with Gasteiger partial charge in [0, 0.05) is 11.8 Å². The van der Waals surface area contributed by atoms with Gasteiger partial charge in [-0.05, 0) is 12.5 Å². The lowest BCUT2D eigenvalue weighted by atomic mass is 10.1. The van der Waals surface area contributed by atoms with Gasteiger partial charge in [0.25, 0.3) is 0 Å². The van der Waals surface area contributed by atoms with Gasteiger partial charge in [-0.15, -0.1) is 0 Å². The summed E-state index contributed by atoms with van der Waals surface area (Å²) in [5.74, 6) is 0. The Hall–Kier alpha value is -1.33. The van der Waals surface area contributed by atoms with E-state index in [0.717, 1.165) is 5.16 Å². The van der Waals surface area contributed by atoms with Crippen LogP contribution < -0.4 is 5.73 Å². The van der Waals surface area contributed by atoms with Crippen LogP contribution >= 0.6 is 11.8 Å². The highest BCUT2D eigenvalue weighted by Crippen LogP contribution is 2.31. The highest BCUT2D eigenvalue weighted by molar-refractivity contribution is 7.99. The van der Waals surface area contributed by atoms with E-state index in [0.29, 0.717) is 6.54 Å². The predicted octanol–water partition coefficient (Wildman–Crippen LogP) is 1.91. The summed E-state index contributed by atoms with van der Waals surface area (Å²) in [5, 5.41) is 7.67. The number of nitrogens with zero attached hydrogens (tertiary/aromatic N) is 2. The second-order valence-electron chi connectivity index (χ2n) is 3.54. The molecule has 16 heavy (non-hydrogen) atoms. The molecule has 0 bridgehead atoms. The number of aromatic amines is 1. The van der Waals surface area contributed by atoms with Gasteiger partial charge in [-0.1, -0.05) is 41.6 Å². The second kappa shape index (κ2) is 5.14. The number of hydrogen-bond acceptors (Lipinski definition) is 4. The van der Waals surface area contributed by atoms with Crippen LogP contribution in [0.4, 0.5) is 0 Å². The van der Waals surface area contributed by atoms with E-state index in [2.05, 4.69) is 46.4 Å². The van der Waals surface area contributed by atoms with Gasteiger partial charge in [0.1, 0.15) is 6.33 Å². The van der Waals surface area contributed by atoms with Crippen molar-refractivity contribution in [2.45, 2.75) is 17.3 Å². The Labute approximate surface area is 98.7 Å². The summed E-state index contributed by atoms with van der Waals surface area (Å²) >= 11 is 1.60. The zero-order valence-corrected chi connectivity index (χ0v) is 9.87. The molecule has 2 rings (SSSR count). The number of aryl methyl sites for hydroxylation is 1. The third-order valence-corrected chi connectivity index (χ3v) is 3.48. The summed E-state index contributed by atoms with van der Waals surface area (Å²) in [4.78, 5) is 4.09. The van der Waals surface area contributed by atoms with Crippen LogP contribution in [-0.2, 0) is 0 Å². The quantitative estimate of drug-likeness (QED) is 0.793. The Morgan fingerprint density at radius 2 is 2.12 bits per heavy atom. The van der Waals surface area contributed by atoms with Gasteiger partial charge in [0.05, 0.1) is 0 Å². The van der Waals surface area contributed by atoms with E-state index in [9.17, 15) is 0 Å². The normalized spacial score (nSPS) is 12.6. The molecular weight excluding hydrogens is 220 g/mol. The van der Waals surface area contributed by atoms with E-state index in [4.69, 9.17) is 5.73 Å². The topological polar surface area (TPSA) is 67.6 Å². The summed E-state index contributed by atoms with van der Waals surface area (Å²) < 4.78 is 0. The fraction of sp³-hybridized carbons (Fsp3) is 0.273. The van der Waals surface area contributed by atoms with E-state index in [1.807, 2.05) is 0 Å². The Morgan fingerprint density at radius 3 is 2.69 bits per heavy atom. The maximum absolute atomic E-state index is 5.78. The van der Waals surface area contributed by atoms with Crippen molar-refractivity contribution in [2.24, 2.45) is 5.73 Å². The first-order chi connectivity index (χ1) is 7.79. The van der Waals surface area contributed by atoms with Crippen molar-refractivity contribution in [3.8, 4) is 0 Å². The number of aromatic nitrogens is 3. The molecule has 0 spiro atoms. The lowest BCUT2D eigenvalue weighted by Crippen LogP contribution is -2.09. The van der Waals surface area contributed by atoms with Gasteiger partial charge in [-0.3, -0.25) is 5.10 Å². The van der Waals surface area contributed by atoms with Crippen LogP contribution in [0, 0.1) is 6.92 Å². The molecule has 0 fully saturated rings. The van der Waals surface area contributed by atoms with E-state index < -0.39 is 0 Å². The molecule has 0 saturated heterocycles. The van der Waals surface area contributed by atoms with Crippen molar-refractivity contribution in [3.63, 3.8) is 0 Å². The molecule has 2 aromatic rings. The molecule has 1 atom stereocenters. The van der Waals surface area contributed by atoms with Gasteiger partial charge in [-0.2, -0.15) is 5.10 Å². The molecule has 5 heteroatoms. The highest BCUT2D eigenvalue weighted by atomic mass is 32.2. The molecule has 84 valence electrons. The molecule has 1 aromatic carbocycles. The zero-order chi connectivity index (χ0) is 11.4. The molecule has 1 heterocycles. The SMILES string of the molecule is Cc1ccc(C(CN)Sc2ncn[nH]2)cc1. The largest absolute Gasteiger partial charge is 0.329 e. The maximum Gasteiger partial charge on any atom is 0.184 e. The van der Waals surface area contributed by atoms with Crippen LogP contribution in [0.2, 0.25) is 0 Å². The first-order valence-electron chi connectivity index (χ1n) is 5.08. The molecule has 4 nitrogen and oxygen atoms in total. The molecule has 1 unspecified atom stereocenters. The van der Waals surface area contributed by atoms with Gasteiger partial charge in [0.2, 0.25) is 0 Å². The molecule has 3 N–H and O–H groups in total. The molecule has 0 aliphatic rings. The minimum atomic E-state index is 0.216. The van der Waals surface area contributed by atoms with Crippen LogP contribution in [0.3, 0.4) is 0 Å². The lowest BCUT2D eigenvalue weighted by Gasteiger charge is -2.12. The Kier molecular flexibility index (Phi) is 3.58. The van der Waals surface area contributed by atoms with Crippen LogP contribution in [0.15, 0.2) is 35.7 Å². The summed E-state index contributed by atoms with van der Waals surface area (Å²) in [5.41, 5.74) is 8.25. The summed E-state index contributed by atoms with van der Waals surface area (Å²) in [7, 11) is 0. The van der Waals surface area contributed by atoms with Crippen molar-refractivity contribution in [1.82, 2.24) is 15.2 Å².